The summed E-state index contributed by atoms with van der Waals surface area (Å²) in [6, 6.07) is 13.0. The predicted octanol–water partition coefficient (Wildman–Crippen LogP) is 4.02. The third-order valence-electron chi connectivity index (χ3n) is 4.69. The zero-order valence-electron chi connectivity index (χ0n) is 14.9. The Morgan fingerprint density at radius 1 is 1.15 bits per heavy atom. The number of rotatable bonds is 4. The maximum atomic E-state index is 12.4. The third-order valence-corrected chi connectivity index (χ3v) is 4.95. The van der Waals surface area contributed by atoms with Gasteiger partial charge in [-0.2, -0.15) is 0 Å². The zero-order chi connectivity index (χ0) is 19.0. The summed E-state index contributed by atoms with van der Waals surface area (Å²) in [5.74, 6) is 1.75. The van der Waals surface area contributed by atoms with Crippen molar-refractivity contribution in [2.75, 3.05) is 19.5 Å². The van der Waals surface area contributed by atoms with E-state index >= 15 is 0 Å². The summed E-state index contributed by atoms with van der Waals surface area (Å²) in [6.45, 7) is 0. The molecule has 2 heterocycles. The molecule has 0 saturated carbocycles. The second-order valence-corrected chi connectivity index (χ2v) is 6.67. The molecule has 2 aromatic carbocycles. The molecule has 1 unspecified atom stereocenters. The summed E-state index contributed by atoms with van der Waals surface area (Å²) in [5.41, 5.74) is 2.57. The molecule has 0 radical (unpaired) electrons. The number of halogens is 1. The Morgan fingerprint density at radius 2 is 1.93 bits per heavy atom. The number of ether oxygens (including phenoxy) is 2. The average Bonchev–Trinajstić information content (AvgIpc) is 3.11. The second kappa shape index (κ2) is 6.96. The topological polar surface area (TPSA) is 65.4 Å². The number of amides is 1. The van der Waals surface area contributed by atoms with Crippen LogP contribution in [0.2, 0.25) is 5.02 Å². The Balaban J connectivity index is 1.81. The van der Waals surface area contributed by atoms with E-state index in [-0.39, 0.29) is 11.8 Å². The van der Waals surface area contributed by atoms with Gasteiger partial charge in [0, 0.05) is 34.7 Å². The molecule has 1 N–H and O–H groups in total. The van der Waals surface area contributed by atoms with Gasteiger partial charge in [0.25, 0.3) is 0 Å². The SMILES string of the molecule is COc1ccc(C2CC(=O)Nc3c2ncn3-c2ccc(Cl)cc2)c(OC)c1. The Labute approximate surface area is 161 Å². The van der Waals surface area contributed by atoms with Crippen molar-refractivity contribution in [3.05, 3.63) is 65.1 Å². The summed E-state index contributed by atoms with van der Waals surface area (Å²) < 4.78 is 12.7. The molecule has 1 atom stereocenters. The number of carbonyl (C=O) groups excluding carboxylic acids is 1. The van der Waals surface area contributed by atoms with Crippen molar-refractivity contribution in [2.45, 2.75) is 12.3 Å². The Kier molecular flexibility index (Phi) is 4.49. The molecule has 27 heavy (non-hydrogen) atoms. The summed E-state index contributed by atoms with van der Waals surface area (Å²) in [6.07, 6.45) is 2.01. The molecule has 1 aliphatic rings. The molecular weight excluding hydrogens is 366 g/mol. The summed E-state index contributed by atoms with van der Waals surface area (Å²) in [4.78, 5) is 17.0. The van der Waals surface area contributed by atoms with Crippen LogP contribution in [-0.4, -0.2) is 29.7 Å². The molecule has 0 bridgehead atoms. The van der Waals surface area contributed by atoms with E-state index in [0.29, 0.717) is 28.8 Å². The van der Waals surface area contributed by atoms with Gasteiger partial charge < -0.3 is 14.8 Å². The number of benzene rings is 2. The van der Waals surface area contributed by atoms with E-state index in [9.17, 15) is 4.79 Å². The van der Waals surface area contributed by atoms with Crippen molar-refractivity contribution in [2.24, 2.45) is 0 Å². The van der Waals surface area contributed by atoms with Crippen LogP contribution in [-0.2, 0) is 4.79 Å². The van der Waals surface area contributed by atoms with Crippen LogP contribution in [0.3, 0.4) is 0 Å². The van der Waals surface area contributed by atoms with Gasteiger partial charge >= 0.3 is 0 Å². The van der Waals surface area contributed by atoms with Gasteiger partial charge in [0.1, 0.15) is 23.6 Å². The second-order valence-electron chi connectivity index (χ2n) is 6.24. The van der Waals surface area contributed by atoms with E-state index in [1.54, 1.807) is 32.7 Å². The van der Waals surface area contributed by atoms with Crippen molar-refractivity contribution in [3.8, 4) is 17.2 Å². The minimum absolute atomic E-state index is 0.0684. The van der Waals surface area contributed by atoms with Gasteiger partial charge in [-0.25, -0.2) is 4.98 Å². The number of methoxy groups -OCH3 is 2. The van der Waals surface area contributed by atoms with Crippen LogP contribution in [0.1, 0.15) is 23.6 Å². The van der Waals surface area contributed by atoms with Crippen molar-refractivity contribution in [3.63, 3.8) is 0 Å². The Hall–Kier alpha value is -2.99. The Bertz CT molecular complexity index is 998. The maximum absolute atomic E-state index is 12.4. The predicted molar refractivity (Wildman–Crippen MR) is 103 cm³/mol. The molecule has 3 aromatic rings. The van der Waals surface area contributed by atoms with Crippen LogP contribution in [0.15, 0.2) is 48.8 Å². The first kappa shape index (κ1) is 17.4. The van der Waals surface area contributed by atoms with Crippen LogP contribution < -0.4 is 14.8 Å². The highest BCUT2D eigenvalue weighted by molar-refractivity contribution is 6.30. The molecule has 6 nitrogen and oxygen atoms in total. The van der Waals surface area contributed by atoms with Crippen LogP contribution in [0.25, 0.3) is 5.69 Å². The molecule has 0 fully saturated rings. The van der Waals surface area contributed by atoms with Crippen molar-refractivity contribution in [1.29, 1.82) is 0 Å². The highest BCUT2D eigenvalue weighted by atomic mass is 35.5. The standard InChI is InChI=1S/C20H18ClN3O3/c1-26-14-7-8-15(17(9-14)27-2)16-10-18(25)23-20-19(16)22-11-24(20)13-5-3-12(21)4-6-13/h3-9,11,16H,10H2,1-2H3,(H,23,25). The maximum Gasteiger partial charge on any atom is 0.226 e. The molecule has 0 spiro atoms. The largest absolute Gasteiger partial charge is 0.497 e. The average molecular weight is 384 g/mol. The third kappa shape index (κ3) is 3.13. The van der Waals surface area contributed by atoms with Gasteiger partial charge in [0.2, 0.25) is 5.91 Å². The Morgan fingerprint density at radius 3 is 2.63 bits per heavy atom. The molecule has 0 aliphatic carbocycles. The van der Waals surface area contributed by atoms with Gasteiger partial charge in [0.15, 0.2) is 0 Å². The lowest BCUT2D eigenvalue weighted by atomic mass is 9.89. The number of imidazole rings is 1. The van der Waals surface area contributed by atoms with E-state index in [4.69, 9.17) is 21.1 Å². The van der Waals surface area contributed by atoms with Crippen LogP contribution in [0.4, 0.5) is 5.82 Å². The molecular formula is C20H18ClN3O3. The van der Waals surface area contributed by atoms with E-state index < -0.39 is 0 Å². The van der Waals surface area contributed by atoms with Gasteiger partial charge in [0.05, 0.1) is 19.9 Å². The first-order valence-electron chi connectivity index (χ1n) is 8.45. The first-order valence-corrected chi connectivity index (χ1v) is 8.83. The number of fused-ring (bicyclic) bond motifs is 1. The van der Waals surface area contributed by atoms with Crippen LogP contribution in [0, 0.1) is 0 Å². The van der Waals surface area contributed by atoms with Crippen molar-refractivity contribution < 1.29 is 14.3 Å². The monoisotopic (exact) mass is 383 g/mol. The van der Waals surface area contributed by atoms with Crippen molar-refractivity contribution in [1.82, 2.24) is 9.55 Å². The lowest BCUT2D eigenvalue weighted by Crippen LogP contribution is -2.25. The highest BCUT2D eigenvalue weighted by Gasteiger charge is 2.32. The highest BCUT2D eigenvalue weighted by Crippen LogP contribution is 2.41. The number of nitrogens with zero attached hydrogens (tertiary/aromatic N) is 2. The number of aromatic nitrogens is 2. The fraction of sp³-hybridized carbons (Fsp3) is 0.200. The normalized spacial score (nSPS) is 15.8. The zero-order valence-corrected chi connectivity index (χ0v) is 15.7. The van der Waals surface area contributed by atoms with Crippen LogP contribution >= 0.6 is 11.6 Å². The lowest BCUT2D eigenvalue weighted by molar-refractivity contribution is -0.116. The number of anilines is 1. The van der Waals surface area contributed by atoms with Crippen LogP contribution in [0.5, 0.6) is 11.5 Å². The molecule has 7 heteroatoms. The fourth-order valence-corrected chi connectivity index (χ4v) is 3.49. The lowest BCUT2D eigenvalue weighted by Gasteiger charge is -2.25. The number of hydrogen-bond acceptors (Lipinski definition) is 4. The molecule has 1 aliphatic heterocycles. The van der Waals surface area contributed by atoms with E-state index in [2.05, 4.69) is 10.3 Å². The molecule has 0 saturated heterocycles. The molecule has 1 aromatic heterocycles. The van der Waals surface area contributed by atoms with Gasteiger partial charge in [-0.1, -0.05) is 17.7 Å². The number of carbonyl (C=O) groups is 1. The van der Waals surface area contributed by atoms with E-state index in [1.807, 2.05) is 34.9 Å². The number of hydrogen-bond donors (Lipinski definition) is 1. The van der Waals surface area contributed by atoms with Gasteiger partial charge in [-0.3, -0.25) is 9.36 Å². The molecule has 138 valence electrons. The smallest absolute Gasteiger partial charge is 0.226 e. The molecule has 4 rings (SSSR count). The van der Waals surface area contributed by atoms with E-state index in [0.717, 1.165) is 16.9 Å². The molecule has 1 amide bonds. The minimum atomic E-state index is -0.205. The summed E-state index contributed by atoms with van der Waals surface area (Å²) >= 11 is 5.98. The van der Waals surface area contributed by atoms with Gasteiger partial charge in [-0.05, 0) is 30.3 Å². The minimum Gasteiger partial charge on any atom is -0.497 e. The summed E-state index contributed by atoms with van der Waals surface area (Å²) in [7, 11) is 3.21. The fourth-order valence-electron chi connectivity index (χ4n) is 3.37. The van der Waals surface area contributed by atoms with E-state index in [1.165, 1.54) is 0 Å². The number of nitrogens with one attached hydrogen (secondary N) is 1. The summed E-state index contributed by atoms with van der Waals surface area (Å²) in [5, 5.41) is 3.59. The van der Waals surface area contributed by atoms with Crippen molar-refractivity contribution >= 4 is 23.3 Å². The first-order chi connectivity index (χ1) is 13.1. The quantitative estimate of drug-likeness (QED) is 0.739. The van der Waals surface area contributed by atoms with Gasteiger partial charge in [-0.15, -0.1) is 0 Å².